The van der Waals surface area contributed by atoms with Gasteiger partial charge < -0.3 is 4.79 Å². The van der Waals surface area contributed by atoms with Crippen LogP contribution in [0.1, 0.15) is 63.0 Å². The maximum atomic E-state index is 11.9. The molecule has 0 amide bonds. The summed E-state index contributed by atoms with van der Waals surface area (Å²) in [6, 6.07) is 4.41. The average Bonchev–Trinajstić information content (AvgIpc) is 3.12. The van der Waals surface area contributed by atoms with Gasteiger partial charge in [0.25, 0.3) is 0 Å². The molecule has 2 atom stereocenters. The summed E-state index contributed by atoms with van der Waals surface area (Å²) in [4.78, 5) is 14.6. The topological polar surface area (TPSA) is 17.1 Å². The van der Waals surface area contributed by atoms with Gasteiger partial charge in [-0.25, -0.2) is 0 Å². The van der Waals surface area contributed by atoms with Gasteiger partial charge in [-0.05, 0) is 40.4 Å². The largest absolute Gasteiger partial charge is 0.303 e. The molecule has 3 heteroatoms. The lowest BCUT2D eigenvalue weighted by Gasteiger charge is -2.39. The molecule has 1 nitrogen and oxygen atoms in total. The fourth-order valence-corrected chi connectivity index (χ4v) is 5.81. The molecule has 112 valence electrons. The van der Waals surface area contributed by atoms with Crippen LogP contribution in [0.15, 0.2) is 22.9 Å². The molecule has 0 aliphatic heterocycles. The van der Waals surface area contributed by atoms with Crippen molar-refractivity contribution in [3.05, 3.63) is 34.0 Å². The third-order valence-corrected chi connectivity index (χ3v) is 6.90. The molecule has 0 spiro atoms. The fourth-order valence-electron chi connectivity index (χ4n) is 3.63. The van der Waals surface area contributed by atoms with Crippen molar-refractivity contribution < 1.29 is 4.79 Å². The smallest absolute Gasteiger partial charge is 0.128 e. The van der Waals surface area contributed by atoms with Gasteiger partial charge in [0, 0.05) is 15.2 Å². The minimum atomic E-state index is -0.0289. The summed E-state index contributed by atoms with van der Waals surface area (Å²) in [5.74, 6) is 0.0162. The lowest BCUT2D eigenvalue weighted by Crippen LogP contribution is -2.34. The van der Waals surface area contributed by atoms with Gasteiger partial charge in [-0.2, -0.15) is 0 Å². The van der Waals surface area contributed by atoms with Crippen molar-refractivity contribution in [2.75, 3.05) is 0 Å². The molecule has 1 aliphatic rings. The van der Waals surface area contributed by atoms with Gasteiger partial charge >= 0.3 is 0 Å². The van der Waals surface area contributed by atoms with E-state index in [2.05, 4.69) is 36.7 Å². The Balaban J connectivity index is 1.98. The lowest BCUT2D eigenvalue weighted by molar-refractivity contribution is -0.110. The summed E-state index contributed by atoms with van der Waals surface area (Å²) in [5.41, 5.74) is 2.62. The van der Waals surface area contributed by atoms with E-state index in [9.17, 15) is 4.79 Å². The Morgan fingerprint density at radius 3 is 2.67 bits per heavy atom. The summed E-state index contributed by atoms with van der Waals surface area (Å²) in [6.07, 6.45) is 7.33. The van der Waals surface area contributed by atoms with Crippen LogP contribution >= 0.6 is 22.7 Å². The number of rotatable bonds is 6. The first-order valence-corrected chi connectivity index (χ1v) is 9.59. The zero-order chi connectivity index (χ0) is 14.9. The Morgan fingerprint density at radius 2 is 1.90 bits per heavy atom. The van der Waals surface area contributed by atoms with E-state index >= 15 is 0 Å². The first-order valence-electron chi connectivity index (χ1n) is 7.83. The average molecular weight is 319 g/mol. The van der Waals surface area contributed by atoms with Crippen molar-refractivity contribution in [1.82, 2.24) is 0 Å². The summed E-state index contributed by atoms with van der Waals surface area (Å²) in [5, 5.41) is 4.32. The highest BCUT2D eigenvalue weighted by atomic mass is 32.1. The molecule has 0 saturated heterocycles. The van der Waals surface area contributed by atoms with E-state index in [0.29, 0.717) is 0 Å². The van der Waals surface area contributed by atoms with Crippen molar-refractivity contribution in [1.29, 1.82) is 0 Å². The number of fused-ring (bicyclic) bond motifs is 3. The van der Waals surface area contributed by atoms with E-state index in [-0.39, 0.29) is 11.3 Å². The minimum absolute atomic E-state index is 0.0162. The number of aldehydes is 1. The molecule has 0 bridgehead atoms. The Hall–Kier alpha value is -0.930. The number of hydrogen-bond acceptors (Lipinski definition) is 3. The quantitative estimate of drug-likeness (QED) is 0.471. The van der Waals surface area contributed by atoms with Crippen LogP contribution in [0.5, 0.6) is 0 Å². The molecule has 3 rings (SSSR count). The summed E-state index contributed by atoms with van der Waals surface area (Å²) < 4.78 is 0. The first-order chi connectivity index (χ1) is 10.2. The SMILES string of the molecule is CCCCCCC1(C)c2ccsc2-c2sccc2C1C=O. The van der Waals surface area contributed by atoms with Crippen molar-refractivity contribution in [3.63, 3.8) is 0 Å². The van der Waals surface area contributed by atoms with Gasteiger partial charge in [-0.3, -0.25) is 0 Å². The predicted molar refractivity (Wildman–Crippen MR) is 92.5 cm³/mol. The number of thiophene rings is 2. The minimum Gasteiger partial charge on any atom is -0.303 e. The molecule has 21 heavy (non-hydrogen) atoms. The van der Waals surface area contributed by atoms with Crippen LogP contribution in [0.4, 0.5) is 0 Å². The molecule has 0 radical (unpaired) electrons. The molecule has 0 saturated carbocycles. The molecule has 1 aliphatic carbocycles. The van der Waals surface area contributed by atoms with E-state index < -0.39 is 0 Å². The van der Waals surface area contributed by atoms with Crippen LogP contribution in [0, 0.1) is 0 Å². The van der Waals surface area contributed by atoms with Gasteiger partial charge in [0.1, 0.15) is 6.29 Å². The summed E-state index contributed by atoms with van der Waals surface area (Å²) in [7, 11) is 0. The highest BCUT2D eigenvalue weighted by molar-refractivity contribution is 7.20. The van der Waals surface area contributed by atoms with Gasteiger partial charge in [0.05, 0.1) is 5.92 Å². The molecule has 0 N–H and O–H groups in total. The second-order valence-corrected chi connectivity index (χ2v) is 8.04. The number of hydrogen-bond donors (Lipinski definition) is 0. The summed E-state index contributed by atoms with van der Waals surface area (Å²) in [6.45, 7) is 4.54. The molecule has 2 aromatic rings. The number of carbonyl (C=O) groups excluding carboxylic acids is 1. The maximum absolute atomic E-state index is 11.9. The van der Waals surface area contributed by atoms with Crippen LogP contribution in [0.2, 0.25) is 0 Å². The Morgan fingerprint density at radius 1 is 1.14 bits per heavy atom. The Kier molecular flexibility index (Phi) is 4.32. The Labute approximate surface area is 135 Å². The van der Waals surface area contributed by atoms with E-state index in [1.165, 1.54) is 52.9 Å². The normalized spacial score (nSPS) is 23.6. The van der Waals surface area contributed by atoms with Crippen molar-refractivity contribution >= 4 is 29.0 Å². The van der Waals surface area contributed by atoms with Crippen LogP contribution < -0.4 is 0 Å². The molecule has 2 unspecified atom stereocenters. The zero-order valence-corrected chi connectivity index (χ0v) is 14.4. The maximum Gasteiger partial charge on any atom is 0.128 e. The number of carbonyl (C=O) groups is 1. The molecule has 0 aromatic carbocycles. The zero-order valence-electron chi connectivity index (χ0n) is 12.7. The molecule has 2 heterocycles. The van der Waals surface area contributed by atoms with Crippen LogP contribution in [-0.4, -0.2) is 6.29 Å². The number of unbranched alkanes of at least 4 members (excludes halogenated alkanes) is 3. The van der Waals surface area contributed by atoms with Gasteiger partial charge in [-0.1, -0.05) is 39.5 Å². The highest BCUT2D eigenvalue weighted by Crippen LogP contribution is 2.55. The van der Waals surface area contributed by atoms with E-state index in [4.69, 9.17) is 0 Å². The molecular formula is C18H22OS2. The van der Waals surface area contributed by atoms with Gasteiger partial charge in [0.2, 0.25) is 0 Å². The molecule has 2 aromatic heterocycles. The second-order valence-electron chi connectivity index (χ2n) is 6.21. The van der Waals surface area contributed by atoms with Crippen molar-refractivity contribution in [2.45, 2.75) is 57.3 Å². The van der Waals surface area contributed by atoms with Crippen LogP contribution in [0.25, 0.3) is 9.75 Å². The van der Waals surface area contributed by atoms with Gasteiger partial charge in [0.15, 0.2) is 0 Å². The summed E-state index contributed by atoms with van der Waals surface area (Å²) >= 11 is 3.60. The Bertz CT molecular complexity index is 625. The van der Waals surface area contributed by atoms with Crippen molar-refractivity contribution in [3.8, 4) is 9.75 Å². The monoisotopic (exact) mass is 318 g/mol. The van der Waals surface area contributed by atoms with Crippen LogP contribution in [-0.2, 0) is 10.2 Å². The fraction of sp³-hybridized carbons (Fsp3) is 0.500. The highest BCUT2D eigenvalue weighted by Gasteiger charge is 2.43. The lowest BCUT2D eigenvalue weighted by atomic mass is 9.64. The van der Waals surface area contributed by atoms with E-state index in [1.807, 2.05) is 11.3 Å². The van der Waals surface area contributed by atoms with Gasteiger partial charge in [-0.15, -0.1) is 22.7 Å². The van der Waals surface area contributed by atoms with Crippen LogP contribution in [0.3, 0.4) is 0 Å². The predicted octanol–water partition coefficient (Wildman–Crippen LogP) is 6.00. The van der Waals surface area contributed by atoms with Crippen molar-refractivity contribution in [2.24, 2.45) is 0 Å². The standard InChI is InChI=1S/C18H22OS2/c1-3-4-5-6-9-18(2)14-8-11-21-17(14)16-13(7-10-20-16)15(18)12-19/h7-8,10-12,15H,3-6,9H2,1-2H3. The third-order valence-electron chi connectivity index (χ3n) is 4.89. The van der Waals surface area contributed by atoms with E-state index in [0.717, 1.165) is 6.42 Å². The molecule has 0 fully saturated rings. The second kappa shape index (κ2) is 6.05. The third kappa shape index (κ3) is 2.40. The first kappa shape index (κ1) is 15.0. The molecular weight excluding hydrogens is 296 g/mol. The van der Waals surface area contributed by atoms with E-state index in [1.54, 1.807) is 11.3 Å².